The Kier molecular flexibility index (Phi) is 7.66. The van der Waals surface area contributed by atoms with Crippen LogP contribution in [0, 0.1) is 6.92 Å². The molecule has 1 saturated heterocycles. The molecule has 0 radical (unpaired) electrons. The molecule has 180 valence electrons. The number of likely N-dealkylation sites (tertiary alicyclic amines) is 1. The number of unbranched alkanes of at least 4 members (excludes halogenated alkanes) is 1. The van der Waals surface area contributed by atoms with Crippen LogP contribution in [-0.4, -0.2) is 33.3 Å². The quantitative estimate of drug-likeness (QED) is 0.167. The number of rotatable bonds is 8. The van der Waals surface area contributed by atoms with E-state index in [2.05, 4.69) is 27.8 Å². The van der Waals surface area contributed by atoms with Gasteiger partial charge >= 0.3 is 0 Å². The minimum Gasteiger partial charge on any atom is -0.507 e. The summed E-state index contributed by atoms with van der Waals surface area (Å²) in [6, 6.07) is 15.6. The van der Waals surface area contributed by atoms with Crippen LogP contribution in [0.4, 0.5) is 0 Å². The summed E-state index contributed by atoms with van der Waals surface area (Å²) >= 11 is 3.48. The maximum atomic E-state index is 13.3. The second-order valence-electron chi connectivity index (χ2n) is 8.53. The molecule has 1 fully saturated rings. The number of halogens is 1. The average Bonchev–Trinajstić information content (AvgIpc) is 3.10. The highest BCUT2D eigenvalue weighted by Crippen LogP contribution is 2.41. The third-order valence-corrected chi connectivity index (χ3v) is 6.48. The highest BCUT2D eigenvalue weighted by atomic mass is 79.9. The minimum absolute atomic E-state index is 0.0658. The van der Waals surface area contributed by atoms with Crippen molar-refractivity contribution in [1.29, 1.82) is 0 Å². The third kappa shape index (κ3) is 5.30. The zero-order valence-electron chi connectivity index (χ0n) is 19.7. The molecular formula is C28H27BrN2O4. The molecular weight excluding hydrogens is 508 g/mol. The topological polar surface area (TPSA) is 79.7 Å². The van der Waals surface area contributed by atoms with Gasteiger partial charge in [-0.1, -0.05) is 47.5 Å². The minimum atomic E-state index is -0.742. The fraction of sp³-hybridized carbons (Fsp3) is 0.250. The first-order chi connectivity index (χ1) is 16.9. The van der Waals surface area contributed by atoms with Crippen LogP contribution in [-0.2, 0) is 16.1 Å². The van der Waals surface area contributed by atoms with Crippen LogP contribution in [0.15, 0.2) is 77.0 Å². The maximum Gasteiger partial charge on any atom is 0.295 e. The molecule has 2 aromatic carbocycles. The van der Waals surface area contributed by atoms with Gasteiger partial charge in [-0.05, 0) is 66.4 Å². The Hall–Kier alpha value is -3.45. The number of carbonyl (C=O) groups is 2. The number of ketones is 1. The summed E-state index contributed by atoms with van der Waals surface area (Å²) in [4.78, 5) is 32.0. The summed E-state index contributed by atoms with van der Waals surface area (Å²) in [6.07, 6.45) is 5.31. The summed E-state index contributed by atoms with van der Waals surface area (Å²) in [7, 11) is 0. The lowest BCUT2D eigenvalue weighted by molar-refractivity contribution is -0.140. The van der Waals surface area contributed by atoms with Crippen molar-refractivity contribution in [3.8, 4) is 5.75 Å². The van der Waals surface area contributed by atoms with Crippen LogP contribution >= 0.6 is 15.9 Å². The fourth-order valence-corrected chi connectivity index (χ4v) is 4.61. The highest BCUT2D eigenvalue weighted by Gasteiger charge is 2.46. The van der Waals surface area contributed by atoms with Gasteiger partial charge in [-0.2, -0.15) is 0 Å². The van der Waals surface area contributed by atoms with E-state index in [0.717, 1.165) is 39.8 Å². The monoisotopic (exact) mass is 534 g/mol. The summed E-state index contributed by atoms with van der Waals surface area (Å²) in [5.41, 5.74) is 2.88. The molecule has 0 aliphatic carbocycles. The number of Topliss-reactive ketones (excluding diaryl/α,β-unsaturated/α-hetero) is 1. The van der Waals surface area contributed by atoms with E-state index in [4.69, 9.17) is 4.74 Å². The normalized spacial score (nSPS) is 17.1. The van der Waals surface area contributed by atoms with Crippen LogP contribution in [0.5, 0.6) is 5.75 Å². The summed E-state index contributed by atoms with van der Waals surface area (Å²) in [5.74, 6) is -0.838. The number of benzene rings is 2. The molecule has 1 N–H and O–H groups in total. The van der Waals surface area contributed by atoms with E-state index in [1.54, 1.807) is 36.7 Å². The van der Waals surface area contributed by atoms with Gasteiger partial charge in [0.25, 0.3) is 11.7 Å². The van der Waals surface area contributed by atoms with Crippen molar-refractivity contribution in [3.63, 3.8) is 0 Å². The lowest BCUT2D eigenvalue weighted by atomic mass is 9.94. The van der Waals surface area contributed by atoms with Crippen molar-refractivity contribution >= 4 is 33.4 Å². The smallest absolute Gasteiger partial charge is 0.295 e. The number of hydrogen-bond donors (Lipinski definition) is 1. The number of pyridine rings is 1. The molecule has 0 saturated carbocycles. The molecule has 0 spiro atoms. The van der Waals surface area contributed by atoms with Crippen molar-refractivity contribution in [2.75, 3.05) is 6.61 Å². The van der Waals surface area contributed by atoms with Crippen LogP contribution in [0.25, 0.3) is 5.76 Å². The molecule has 0 unspecified atom stereocenters. The van der Waals surface area contributed by atoms with Gasteiger partial charge in [0.2, 0.25) is 0 Å². The predicted molar refractivity (Wildman–Crippen MR) is 138 cm³/mol. The van der Waals surface area contributed by atoms with Gasteiger partial charge in [-0.15, -0.1) is 0 Å². The van der Waals surface area contributed by atoms with Crippen molar-refractivity contribution in [2.45, 2.75) is 39.3 Å². The van der Waals surface area contributed by atoms with E-state index >= 15 is 0 Å². The number of aliphatic hydroxyl groups excluding tert-OH is 1. The predicted octanol–water partition coefficient (Wildman–Crippen LogP) is 5.95. The van der Waals surface area contributed by atoms with E-state index < -0.39 is 17.7 Å². The van der Waals surface area contributed by atoms with Crippen LogP contribution < -0.4 is 4.74 Å². The Morgan fingerprint density at radius 3 is 2.66 bits per heavy atom. The number of aromatic nitrogens is 1. The first-order valence-electron chi connectivity index (χ1n) is 11.6. The number of carbonyl (C=O) groups excluding carboxylic acids is 2. The molecule has 1 atom stereocenters. The van der Waals surface area contributed by atoms with Crippen LogP contribution in [0.3, 0.4) is 0 Å². The summed E-state index contributed by atoms with van der Waals surface area (Å²) in [6.45, 7) is 4.80. The Morgan fingerprint density at radius 2 is 1.97 bits per heavy atom. The second-order valence-corrected chi connectivity index (χ2v) is 9.44. The molecule has 3 aromatic rings. The van der Waals surface area contributed by atoms with Crippen LogP contribution in [0.1, 0.15) is 48.1 Å². The maximum absolute atomic E-state index is 13.3. The lowest BCUT2D eigenvalue weighted by Crippen LogP contribution is -2.29. The highest BCUT2D eigenvalue weighted by molar-refractivity contribution is 9.10. The van der Waals surface area contributed by atoms with Crippen molar-refractivity contribution in [1.82, 2.24) is 9.88 Å². The van der Waals surface area contributed by atoms with Gasteiger partial charge in [0, 0.05) is 29.0 Å². The number of hydrogen-bond acceptors (Lipinski definition) is 5. The van der Waals surface area contributed by atoms with Gasteiger partial charge < -0.3 is 14.7 Å². The number of ether oxygens (including phenoxy) is 1. The molecule has 2 heterocycles. The molecule has 0 bridgehead atoms. The molecule has 1 aliphatic rings. The van der Waals surface area contributed by atoms with E-state index in [1.165, 1.54) is 4.90 Å². The van der Waals surface area contributed by atoms with Gasteiger partial charge in [-0.25, -0.2) is 0 Å². The Labute approximate surface area is 213 Å². The van der Waals surface area contributed by atoms with E-state index in [9.17, 15) is 14.7 Å². The third-order valence-electron chi connectivity index (χ3n) is 5.98. The SMILES string of the molecule is CCCCOc1ccc(/C(O)=C2\C(=O)C(=O)N(Cc3cccnc3)[C@@H]2c2cccc(Br)c2)cc1C. The summed E-state index contributed by atoms with van der Waals surface area (Å²) in [5, 5.41) is 11.3. The first kappa shape index (κ1) is 24.7. The number of amides is 1. The Morgan fingerprint density at radius 1 is 1.14 bits per heavy atom. The molecule has 1 aliphatic heterocycles. The van der Waals surface area contributed by atoms with Gasteiger partial charge in [0.15, 0.2) is 0 Å². The molecule has 35 heavy (non-hydrogen) atoms. The average molecular weight is 535 g/mol. The van der Waals surface area contributed by atoms with Gasteiger partial charge in [0.1, 0.15) is 11.5 Å². The molecule has 4 rings (SSSR count). The molecule has 1 amide bonds. The summed E-state index contributed by atoms with van der Waals surface area (Å²) < 4.78 is 6.64. The van der Waals surface area contributed by atoms with E-state index in [-0.39, 0.29) is 17.9 Å². The Balaban J connectivity index is 1.78. The zero-order valence-corrected chi connectivity index (χ0v) is 21.3. The largest absolute Gasteiger partial charge is 0.507 e. The van der Waals surface area contributed by atoms with E-state index in [1.807, 2.05) is 37.3 Å². The van der Waals surface area contributed by atoms with Crippen molar-refractivity contribution in [2.24, 2.45) is 0 Å². The zero-order chi connectivity index (χ0) is 24.9. The van der Waals surface area contributed by atoms with E-state index in [0.29, 0.717) is 12.2 Å². The number of aryl methyl sites for hydroxylation is 1. The Bertz CT molecular complexity index is 1270. The number of nitrogens with zero attached hydrogens (tertiary/aromatic N) is 2. The molecule has 6 nitrogen and oxygen atoms in total. The fourth-order valence-electron chi connectivity index (χ4n) is 4.20. The first-order valence-corrected chi connectivity index (χ1v) is 12.4. The molecule has 1 aromatic heterocycles. The second kappa shape index (κ2) is 10.9. The number of aliphatic hydroxyl groups is 1. The standard InChI is InChI=1S/C28H27BrN2O4/c1-3-4-13-35-23-11-10-21(14-18(23)2)26(32)24-25(20-8-5-9-22(29)15-20)31(28(34)27(24)33)17-19-7-6-12-30-16-19/h5-12,14-16,25,32H,3-4,13,17H2,1-2H3/b26-24+/t25-/m1/s1. The van der Waals surface area contributed by atoms with Crippen LogP contribution in [0.2, 0.25) is 0 Å². The lowest BCUT2D eigenvalue weighted by Gasteiger charge is -2.25. The van der Waals surface area contributed by atoms with Crippen molar-refractivity contribution < 1.29 is 19.4 Å². The van der Waals surface area contributed by atoms with Gasteiger partial charge in [-0.3, -0.25) is 14.6 Å². The van der Waals surface area contributed by atoms with Crippen molar-refractivity contribution in [3.05, 3.63) is 99.3 Å². The van der Waals surface area contributed by atoms with Gasteiger partial charge in [0.05, 0.1) is 18.2 Å². The molecule has 7 heteroatoms.